The Bertz CT molecular complexity index is 1180. The minimum atomic E-state index is -0.677. The normalized spacial score (nSPS) is 10.9. The van der Waals surface area contributed by atoms with Crippen LogP contribution in [0.25, 0.3) is 11.4 Å². The number of nitrogens with two attached hydrogens (primary N) is 1. The molecule has 0 saturated carbocycles. The number of benzene rings is 2. The van der Waals surface area contributed by atoms with Gasteiger partial charge in [-0.3, -0.25) is 4.79 Å². The van der Waals surface area contributed by atoms with Gasteiger partial charge in [-0.1, -0.05) is 34.5 Å². The van der Waals surface area contributed by atoms with Gasteiger partial charge in [0.25, 0.3) is 5.91 Å². The van der Waals surface area contributed by atoms with Crippen molar-refractivity contribution < 1.29 is 4.79 Å². The van der Waals surface area contributed by atoms with Crippen LogP contribution in [0.5, 0.6) is 0 Å². The fourth-order valence-corrected chi connectivity index (χ4v) is 3.42. The first kappa shape index (κ1) is 19.0. The Labute approximate surface area is 175 Å². The molecule has 0 atom stereocenters. The zero-order valence-corrected chi connectivity index (χ0v) is 16.7. The predicted octanol–water partition coefficient (Wildman–Crippen LogP) is 3.91. The molecule has 0 aliphatic carbocycles. The number of aryl methyl sites for hydroxylation is 1. The Hall–Kier alpha value is -3.36. The van der Waals surface area contributed by atoms with Gasteiger partial charge in [0.05, 0.1) is 39.5 Å². The molecule has 2 aromatic carbocycles. The Kier molecular flexibility index (Phi) is 4.96. The van der Waals surface area contributed by atoms with E-state index in [-0.39, 0.29) is 5.69 Å². The van der Waals surface area contributed by atoms with Crippen LogP contribution in [0.15, 0.2) is 54.9 Å². The number of anilines is 2. The molecule has 0 spiro atoms. The van der Waals surface area contributed by atoms with Crippen molar-refractivity contribution in [3.05, 3.63) is 76.3 Å². The van der Waals surface area contributed by atoms with Crippen molar-refractivity contribution in [3.63, 3.8) is 0 Å². The second-order valence-electron chi connectivity index (χ2n) is 6.23. The summed E-state index contributed by atoms with van der Waals surface area (Å²) in [7, 11) is 0. The summed E-state index contributed by atoms with van der Waals surface area (Å²) in [4.78, 5) is 11.9. The van der Waals surface area contributed by atoms with Crippen LogP contribution in [-0.2, 0) is 0 Å². The fourth-order valence-electron chi connectivity index (χ4n) is 2.85. The molecule has 8 nitrogen and oxygen atoms in total. The van der Waals surface area contributed by atoms with Crippen molar-refractivity contribution in [2.45, 2.75) is 6.92 Å². The molecule has 2 heterocycles. The topological polar surface area (TPSA) is 104 Å². The molecule has 4 aromatic rings. The highest BCUT2D eigenvalue weighted by Gasteiger charge is 2.18. The lowest BCUT2D eigenvalue weighted by atomic mass is 10.2. The first-order valence-electron chi connectivity index (χ1n) is 8.52. The Morgan fingerprint density at radius 2 is 1.79 bits per heavy atom. The molecule has 146 valence electrons. The summed E-state index contributed by atoms with van der Waals surface area (Å²) in [5, 5.41) is 16.1. The number of nitrogens with one attached hydrogen (secondary N) is 1. The summed E-state index contributed by atoms with van der Waals surface area (Å²) >= 11 is 12.5. The second kappa shape index (κ2) is 7.57. The van der Waals surface area contributed by atoms with Gasteiger partial charge in [-0.25, -0.2) is 9.36 Å². The Morgan fingerprint density at radius 3 is 2.38 bits per heavy atom. The van der Waals surface area contributed by atoms with Crippen molar-refractivity contribution >= 4 is 40.5 Å². The first-order valence-corrected chi connectivity index (χ1v) is 9.28. The zero-order chi connectivity index (χ0) is 20.5. The van der Waals surface area contributed by atoms with Crippen LogP contribution < -0.4 is 11.1 Å². The van der Waals surface area contributed by atoms with E-state index in [4.69, 9.17) is 28.9 Å². The van der Waals surface area contributed by atoms with Crippen LogP contribution in [0, 0.1) is 6.92 Å². The molecule has 0 radical (unpaired) electrons. The standard InChI is InChI=1S/C19H15Cl2N7O/c1-11-9-23-26-28(11)13-7-5-12(6-8-13)24-16-10-27(25-17(16)19(22)29)18-14(20)3-2-4-15(18)21/h2-10,24H,1H3,(H2,22,29). The molecular weight excluding hydrogens is 413 g/mol. The van der Waals surface area contributed by atoms with Crippen LogP contribution >= 0.6 is 23.2 Å². The lowest BCUT2D eigenvalue weighted by Gasteiger charge is -2.08. The number of rotatable bonds is 5. The quantitative estimate of drug-likeness (QED) is 0.502. The highest BCUT2D eigenvalue weighted by atomic mass is 35.5. The van der Waals surface area contributed by atoms with Gasteiger partial charge in [0.2, 0.25) is 0 Å². The van der Waals surface area contributed by atoms with Gasteiger partial charge >= 0.3 is 0 Å². The van der Waals surface area contributed by atoms with E-state index in [0.29, 0.717) is 21.4 Å². The maximum absolute atomic E-state index is 11.9. The Balaban J connectivity index is 1.67. The number of aromatic nitrogens is 5. The van der Waals surface area contributed by atoms with Gasteiger partial charge in [-0.05, 0) is 43.3 Å². The molecule has 4 rings (SSSR count). The monoisotopic (exact) mass is 427 g/mol. The highest BCUT2D eigenvalue weighted by molar-refractivity contribution is 6.37. The second-order valence-corrected chi connectivity index (χ2v) is 7.04. The van der Waals surface area contributed by atoms with E-state index < -0.39 is 5.91 Å². The number of carbonyl (C=O) groups excluding carboxylic acids is 1. The van der Waals surface area contributed by atoms with E-state index in [2.05, 4.69) is 20.7 Å². The van der Waals surface area contributed by atoms with Gasteiger partial charge in [-0.15, -0.1) is 5.10 Å². The SMILES string of the molecule is Cc1cnnn1-c1ccc(Nc2cn(-c3c(Cl)cccc3Cl)nc2C(N)=O)cc1. The summed E-state index contributed by atoms with van der Waals surface area (Å²) in [6.45, 7) is 1.92. The number of para-hydroxylation sites is 1. The number of carbonyl (C=O) groups is 1. The minimum absolute atomic E-state index is 0.0668. The summed E-state index contributed by atoms with van der Waals surface area (Å²) < 4.78 is 3.15. The number of nitrogens with zero attached hydrogens (tertiary/aromatic N) is 5. The van der Waals surface area contributed by atoms with Crippen LogP contribution in [0.2, 0.25) is 10.0 Å². The third-order valence-corrected chi connectivity index (χ3v) is 4.83. The fraction of sp³-hybridized carbons (Fsp3) is 0.0526. The van der Waals surface area contributed by atoms with Crippen molar-refractivity contribution in [1.82, 2.24) is 24.8 Å². The van der Waals surface area contributed by atoms with E-state index in [9.17, 15) is 4.79 Å². The van der Waals surface area contributed by atoms with Gasteiger partial charge in [0, 0.05) is 5.69 Å². The number of primary amides is 1. The summed E-state index contributed by atoms with van der Waals surface area (Å²) in [6.07, 6.45) is 3.29. The van der Waals surface area contributed by atoms with Crippen LogP contribution in [-0.4, -0.2) is 30.7 Å². The average Bonchev–Trinajstić information content (AvgIpc) is 3.29. The van der Waals surface area contributed by atoms with Gasteiger partial charge in [0.15, 0.2) is 5.69 Å². The maximum Gasteiger partial charge on any atom is 0.271 e. The highest BCUT2D eigenvalue weighted by Crippen LogP contribution is 2.30. The summed E-state index contributed by atoms with van der Waals surface area (Å²) in [6, 6.07) is 12.6. The number of hydrogen-bond donors (Lipinski definition) is 2. The van der Waals surface area contributed by atoms with E-state index >= 15 is 0 Å². The van der Waals surface area contributed by atoms with Crippen molar-refractivity contribution in [2.24, 2.45) is 5.73 Å². The molecule has 29 heavy (non-hydrogen) atoms. The predicted molar refractivity (Wildman–Crippen MR) is 111 cm³/mol. The van der Waals surface area contributed by atoms with Crippen molar-refractivity contribution in [1.29, 1.82) is 0 Å². The third-order valence-electron chi connectivity index (χ3n) is 4.22. The molecule has 0 unspecified atom stereocenters. The number of hydrogen-bond acceptors (Lipinski definition) is 5. The van der Waals surface area contributed by atoms with Gasteiger partial charge < -0.3 is 11.1 Å². The number of amides is 1. The van der Waals surface area contributed by atoms with Crippen LogP contribution in [0.4, 0.5) is 11.4 Å². The molecule has 0 aliphatic rings. The molecule has 0 aliphatic heterocycles. The van der Waals surface area contributed by atoms with Crippen molar-refractivity contribution in [2.75, 3.05) is 5.32 Å². The smallest absolute Gasteiger partial charge is 0.271 e. The first-order chi connectivity index (χ1) is 13.9. The number of halogens is 2. The molecule has 10 heteroatoms. The molecule has 2 aromatic heterocycles. The molecular formula is C19H15Cl2N7O. The van der Waals surface area contributed by atoms with Crippen LogP contribution in [0.3, 0.4) is 0 Å². The van der Waals surface area contributed by atoms with E-state index in [1.165, 1.54) is 4.68 Å². The molecule has 0 fully saturated rings. The Morgan fingerprint density at radius 1 is 1.10 bits per heavy atom. The van der Waals surface area contributed by atoms with E-state index in [1.807, 2.05) is 31.2 Å². The van der Waals surface area contributed by atoms with Gasteiger partial charge in [-0.2, -0.15) is 5.10 Å². The van der Waals surface area contributed by atoms with E-state index in [1.54, 1.807) is 35.3 Å². The lowest BCUT2D eigenvalue weighted by Crippen LogP contribution is -2.14. The van der Waals surface area contributed by atoms with Gasteiger partial charge in [0.1, 0.15) is 5.69 Å². The van der Waals surface area contributed by atoms with Crippen LogP contribution in [0.1, 0.15) is 16.2 Å². The van der Waals surface area contributed by atoms with Crippen molar-refractivity contribution in [3.8, 4) is 11.4 Å². The molecule has 1 amide bonds. The average molecular weight is 428 g/mol. The molecule has 0 saturated heterocycles. The molecule has 0 bridgehead atoms. The van der Waals surface area contributed by atoms with E-state index in [0.717, 1.165) is 17.1 Å². The minimum Gasteiger partial charge on any atom is -0.364 e. The summed E-state index contributed by atoms with van der Waals surface area (Å²) in [5.74, 6) is -0.677. The maximum atomic E-state index is 11.9. The third kappa shape index (κ3) is 3.67. The summed E-state index contributed by atoms with van der Waals surface area (Å²) in [5.41, 5.74) is 8.97. The lowest BCUT2D eigenvalue weighted by molar-refractivity contribution is 0.0996. The zero-order valence-electron chi connectivity index (χ0n) is 15.2. The largest absolute Gasteiger partial charge is 0.364 e. The molecule has 3 N–H and O–H groups in total.